The van der Waals surface area contributed by atoms with Gasteiger partial charge in [-0.25, -0.2) is 9.78 Å². The summed E-state index contributed by atoms with van der Waals surface area (Å²) >= 11 is 0. The Labute approximate surface area is 140 Å². The Kier molecular flexibility index (Phi) is 4.46. The van der Waals surface area contributed by atoms with Gasteiger partial charge in [-0.2, -0.15) is 4.98 Å². The van der Waals surface area contributed by atoms with E-state index in [-0.39, 0.29) is 12.0 Å². The van der Waals surface area contributed by atoms with Gasteiger partial charge in [0.25, 0.3) is 0 Å². The third kappa shape index (κ3) is 3.87. The van der Waals surface area contributed by atoms with E-state index in [1.807, 2.05) is 20.8 Å². The number of piperidine rings is 1. The second kappa shape index (κ2) is 6.54. The number of aromatic nitrogens is 4. The largest absolute Gasteiger partial charge is 0.444 e. The molecule has 1 saturated heterocycles. The lowest BCUT2D eigenvalue weighted by molar-refractivity contribution is 0.0189. The highest BCUT2D eigenvalue weighted by molar-refractivity contribution is 5.68. The lowest BCUT2D eigenvalue weighted by Gasteiger charge is -2.32. The van der Waals surface area contributed by atoms with Crippen LogP contribution < -0.4 is 0 Å². The molecule has 0 saturated carbocycles. The molecule has 3 heterocycles. The van der Waals surface area contributed by atoms with Crippen LogP contribution >= 0.6 is 0 Å². The van der Waals surface area contributed by atoms with Crippen molar-refractivity contribution in [1.29, 1.82) is 0 Å². The first kappa shape index (κ1) is 16.4. The fourth-order valence-electron chi connectivity index (χ4n) is 2.59. The van der Waals surface area contributed by atoms with E-state index in [0.29, 0.717) is 30.5 Å². The molecule has 2 aromatic heterocycles. The van der Waals surface area contributed by atoms with Gasteiger partial charge in [-0.3, -0.25) is 4.98 Å². The number of amides is 1. The lowest BCUT2D eigenvalue weighted by atomic mass is 9.98. The van der Waals surface area contributed by atoms with E-state index in [9.17, 15) is 4.79 Å². The summed E-state index contributed by atoms with van der Waals surface area (Å²) in [4.78, 5) is 26.5. The molecule has 0 N–H and O–H groups in total. The maximum absolute atomic E-state index is 12.2. The molecule has 0 bridgehead atoms. The van der Waals surface area contributed by atoms with Crippen LogP contribution in [0, 0.1) is 0 Å². The van der Waals surface area contributed by atoms with Crippen molar-refractivity contribution in [2.75, 3.05) is 13.1 Å². The number of rotatable bonds is 2. The summed E-state index contributed by atoms with van der Waals surface area (Å²) in [6, 6.07) is 0. The smallest absolute Gasteiger partial charge is 0.410 e. The highest BCUT2D eigenvalue weighted by Crippen LogP contribution is 2.28. The van der Waals surface area contributed by atoms with Crippen molar-refractivity contribution in [3.05, 3.63) is 24.5 Å². The van der Waals surface area contributed by atoms with Crippen molar-refractivity contribution in [2.45, 2.75) is 45.1 Å². The van der Waals surface area contributed by atoms with Crippen molar-refractivity contribution >= 4 is 6.09 Å². The van der Waals surface area contributed by atoms with Gasteiger partial charge in [-0.1, -0.05) is 5.16 Å². The molecule has 0 unspecified atom stereocenters. The topological polar surface area (TPSA) is 94.2 Å². The first-order valence-electron chi connectivity index (χ1n) is 8.00. The number of hydrogen-bond donors (Lipinski definition) is 0. The second-order valence-electron chi connectivity index (χ2n) is 6.81. The Bertz CT molecular complexity index is 695. The van der Waals surface area contributed by atoms with Gasteiger partial charge in [0.15, 0.2) is 0 Å². The van der Waals surface area contributed by atoms with Crippen LogP contribution in [0.1, 0.15) is 45.4 Å². The molecule has 0 spiro atoms. The molecule has 1 atom stereocenters. The van der Waals surface area contributed by atoms with Gasteiger partial charge < -0.3 is 14.2 Å². The standard InChI is InChI=1S/C16H21N5O3/c1-16(2,3)23-15(22)21-8-4-5-11(10-21)14-19-13(20-24-14)12-9-17-6-7-18-12/h6-7,9,11H,4-5,8,10H2,1-3H3/t11-/m0/s1. The minimum atomic E-state index is -0.506. The van der Waals surface area contributed by atoms with Gasteiger partial charge in [0.2, 0.25) is 11.7 Å². The molecule has 3 rings (SSSR count). The zero-order valence-corrected chi connectivity index (χ0v) is 14.1. The summed E-state index contributed by atoms with van der Waals surface area (Å²) in [5, 5.41) is 3.97. The lowest BCUT2D eigenvalue weighted by Crippen LogP contribution is -2.42. The summed E-state index contributed by atoms with van der Waals surface area (Å²) in [5.74, 6) is 0.931. The normalized spacial score (nSPS) is 18.5. The number of ether oxygens (including phenoxy) is 1. The molecular weight excluding hydrogens is 310 g/mol. The van der Waals surface area contributed by atoms with Crippen LogP contribution in [0.3, 0.4) is 0 Å². The summed E-state index contributed by atoms with van der Waals surface area (Å²) in [5.41, 5.74) is 0.0560. The predicted molar refractivity (Wildman–Crippen MR) is 85.1 cm³/mol. The van der Waals surface area contributed by atoms with E-state index in [1.165, 1.54) is 0 Å². The van der Waals surface area contributed by atoms with E-state index in [1.54, 1.807) is 23.5 Å². The minimum absolute atomic E-state index is 0.00388. The van der Waals surface area contributed by atoms with Crippen molar-refractivity contribution < 1.29 is 14.1 Å². The molecule has 128 valence electrons. The summed E-state index contributed by atoms with van der Waals surface area (Å²) in [6.45, 7) is 6.76. The molecule has 0 radical (unpaired) electrons. The predicted octanol–water partition coefficient (Wildman–Crippen LogP) is 2.64. The van der Waals surface area contributed by atoms with Crippen LogP contribution in [0.25, 0.3) is 11.5 Å². The summed E-state index contributed by atoms with van der Waals surface area (Å²) < 4.78 is 10.8. The average molecular weight is 331 g/mol. The quantitative estimate of drug-likeness (QED) is 0.835. The molecule has 8 nitrogen and oxygen atoms in total. The Morgan fingerprint density at radius 1 is 1.38 bits per heavy atom. The minimum Gasteiger partial charge on any atom is -0.444 e. The second-order valence-corrected chi connectivity index (χ2v) is 6.81. The average Bonchev–Trinajstić information content (AvgIpc) is 3.04. The summed E-state index contributed by atoms with van der Waals surface area (Å²) in [6.07, 6.45) is 6.21. The van der Waals surface area contributed by atoms with Gasteiger partial charge in [0.1, 0.15) is 11.3 Å². The molecule has 1 aliphatic rings. The summed E-state index contributed by atoms with van der Waals surface area (Å²) in [7, 11) is 0. The maximum atomic E-state index is 12.2. The number of nitrogens with zero attached hydrogens (tertiary/aromatic N) is 5. The fraction of sp³-hybridized carbons (Fsp3) is 0.562. The molecule has 2 aromatic rings. The highest BCUT2D eigenvalue weighted by Gasteiger charge is 2.31. The molecule has 1 aliphatic heterocycles. The molecule has 0 aromatic carbocycles. The Morgan fingerprint density at radius 3 is 2.92 bits per heavy atom. The van der Waals surface area contributed by atoms with Gasteiger partial charge in [0, 0.05) is 25.5 Å². The van der Waals surface area contributed by atoms with Gasteiger partial charge in [-0.05, 0) is 33.6 Å². The highest BCUT2D eigenvalue weighted by atomic mass is 16.6. The van der Waals surface area contributed by atoms with Crippen LogP contribution in [-0.4, -0.2) is 49.8 Å². The third-order valence-corrected chi connectivity index (χ3v) is 3.66. The Balaban J connectivity index is 1.69. The van der Waals surface area contributed by atoms with Crippen LogP contribution in [-0.2, 0) is 4.74 Å². The number of carbonyl (C=O) groups excluding carboxylic acids is 1. The Morgan fingerprint density at radius 2 is 2.21 bits per heavy atom. The molecule has 0 aliphatic carbocycles. The van der Waals surface area contributed by atoms with E-state index < -0.39 is 5.60 Å². The van der Waals surface area contributed by atoms with Crippen LogP contribution in [0.2, 0.25) is 0 Å². The van der Waals surface area contributed by atoms with Crippen molar-refractivity contribution in [3.8, 4) is 11.5 Å². The maximum Gasteiger partial charge on any atom is 0.410 e. The SMILES string of the molecule is CC(C)(C)OC(=O)N1CCC[C@H](c2nc(-c3cnccn3)no2)C1. The molecular formula is C16H21N5O3. The van der Waals surface area contributed by atoms with Crippen molar-refractivity contribution in [2.24, 2.45) is 0 Å². The molecule has 1 amide bonds. The third-order valence-electron chi connectivity index (χ3n) is 3.66. The van der Waals surface area contributed by atoms with E-state index in [4.69, 9.17) is 9.26 Å². The molecule has 8 heteroatoms. The van der Waals surface area contributed by atoms with Gasteiger partial charge >= 0.3 is 6.09 Å². The van der Waals surface area contributed by atoms with Gasteiger partial charge in [0.05, 0.1) is 12.1 Å². The zero-order valence-electron chi connectivity index (χ0n) is 14.1. The van der Waals surface area contributed by atoms with Crippen LogP contribution in [0.4, 0.5) is 4.79 Å². The Hall–Kier alpha value is -2.51. The van der Waals surface area contributed by atoms with Crippen LogP contribution in [0.5, 0.6) is 0 Å². The first-order chi connectivity index (χ1) is 11.4. The monoisotopic (exact) mass is 331 g/mol. The molecule has 1 fully saturated rings. The zero-order chi connectivity index (χ0) is 17.2. The van der Waals surface area contributed by atoms with Crippen molar-refractivity contribution in [1.82, 2.24) is 25.0 Å². The van der Waals surface area contributed by atoms with Crippen molar-refractivity contribution in [3.63, 3.8) is 0 Å². The number of carbonyl (C=O) groups is 1. The van der Waals surface area contributed by atoms with Gasteiger partial charge in [-0.15, -0.1) is 0 Å². The molecule has 24 heavy (non-hydrogen) atoms. The van der Waals surface area contributed by atoms with E-state index in [0.717, 1.165) is 12.8 Å². The fourth-order valence-corrected chi connectivity index (χ4v) is 2.59. The number of likely N-dealkylation sites (tertiary alicyclic amines) is 1. The first-order valence-corrected chi connectivity index (χ1v) is 8.00. The number of hydrogen-bond acceptors (Lipinski definition) is 7. The van der Waals surface area contributed by atoms with Crippen LogP contribution in [0.15, 0.2) is 23.1 Å². The van der Waals surface area contributed by atoms with E-state index >= 15 is 0 Å². The van der Waals surface area contributed by atoms with E-state index in [2.05, 4.69) is 20.1 Å².